The van der Waals surface area contributed by atoms with Crippen LogP contribution in [0.5, 0.6) is 0 Å². The molecule has 25 heavy (non-hydrogen) atoms. The van der Waals surface area contributed by atoms with E-state index in [9.17, 15) is 4.79 Å². The summed E-state index contributed by atoms with van der Waals surface area (Å²) in [5, 5.41) is 0. The molecular formula is C18H18N4O3. The standard InChI is InChI=1S/C18H18N4O3/c23-18(12-1-2-16-19-5-7-21(16)9-12)22-6-3-15-14(10-22)20-17(25-15)13-4-8-24-11-13/h1-2,5,7,9,13H,3-4,6,8,10-11H2. The van der Waals surface area contributed by atoms with E-state index in [2.05, 4.69) is 9.97 Å². The van der Waals surface area contributed by atoms with Crippen molar-refractivity contribution in [3.05, 3.63) is 53.6 Å². The van der Waals surface area contributed by atoms with Gasteiger partial charge in [-0.05, 0) is 18.6 Å². The van der Waals surface area contributed by atoms with Crippen LogP contribution in [-0.4, -0.2) is 44.9 Å². The fourth-order valence-electron chi connectivity index (χ4n) is 3.52. The minimum Gasteiger partial charge on any atom is -0.445 e. The Morgan fingerprint density at radius 3 is 3.16 bits per heavy atom. The fourth-order valence-corrected chi connectivity index (χ4v) is 3.52. The molecule has 5 rings (SSSR count). The second-order valence-electron chi connectivity index (χ2n) is 6.57. The van der Waals surface area contributed by atoms with E-state index in [4.69, 9.17) is 9.15 Å². The molecule has 1 atom stereocenters. The number of hydrogen-bond acceptors (Lipinski definition) is 5. The van der Waals surface area contributed by atoms with Crippen LogP contribution in [0.2, 0.25) is 0 Å². The van der Waals surface area contributed by atoms with Gasteiger partial charge in [0.15, 0.2) is 5.89 Å². The molecule has 5 heterocycles. The lowest BCUT2D eigenvalue weighted by molar-refractivity contribution is 0.0727. The number of ether oxygens (including phenoxy) is 1. The van der Waals surface area contributed by atoms with Crippen molar-refractivity contribution in [1.82, 2.24) is 19.3 Å². The summed E-state index contributed by atoms with van der Waals surface area (Å²) in [5.74, 6) is 1.93. The molecule has 2 aliphatic rings. The number of hydrogen-bond donors (Lipinski definition) is 0. The average Bonchev–Trinajstić information content (AvgIpc) is 3.39. The predicted octanol–water partition coefficient (Wildman–Crippen LogP) is 2.02. The zero-order valence-corrected chi connectivity index (χ0v) is 13.7. The van der Waals surface area contributed by atoms with Crippen LogP contribution in [0.3, 0.4) is 0 Å². The molecule has 0 aliphatic carbocycles. The Balaban J connectivity index is 1.38. The molecule has 3 aromatic rings. The summed E-state index contributed by atoms with van der Waals surface area (Å²) in [6.07, 6.45) is 7.04. The van der Waals surface area contributed by atoms with Crippen LogP contribution in [0.25, 0.3) is 5.65 Å². The molecule has 2 aliphatic heterocycles. The molecule has 128 valence electrons. The summed E-state index contributed by atoms with van der Waals surface area (Å²) >= 11 is 0. The van der Waals surface area contributed by atoms with Gasteiger partial charge in [0.2, 0.25) is 0 Å². The number of carbonyl (C=O) groups excluding carboxylic acids is 1. The van der Waals surface area contributed by atoms with E-state index >= 15 is 0 Å². The van der Waals surface area contributed by atoms with Gasteiger partial charge in [0.1, 0.15) is 17.1 Å². The van der Waals surface area contributed by atoms with Crippen LogP contribution >= 0.6 is 0 Å². The number of fused-ring (bicyclic) bond motifs is 2. The highest BCUT2D eigenvalue weighted by molar-refractivity contribution is 5.94. The number of imidazole rings is 1. The first-order valence-electron chi connectivity index (χ1n) is 8.56. The molecule has 0 saturated carbocycles. The van der Waals surface area contributed by atoms with Gasteiger partial charge in [-0.2, -0.15) is 0 Å². The quantitative estimate of drug-likeness (QED) is 0.715. The number of nitrogens with zero attached hydrogens (tertiary/aromatic N) is 4. The van der Waals surface area contributed by atoms with Crippen LogP contribution in [0.15, 0.2) is 35.1 Å². The summed E-state index contributed by atoms with van der Waals surface area (Å²) < 4.78 is 13.2. The number of amides is 1. The summed E-state index contributed by atoms with van der Waals surface area (Å²) in [6.45, 7) is 2.57. The zero-order valence-electron chi connectivity index (χ0n) is 13.7. The summed E-state index contributed by atoms with van der Waals surface area (Å²) in [4.78, 5) is 23.5. The Labute approximate surface area is 144 Å². The maximum absolute atomic E-state index is 12.9. The van der Waals surface area contributed by atoms with E-state index in [1.54, 1.807) is 6.20 Å². The van der Waals surface area contributed by atoms with Gasteiger partial charge in [-0.1, -0.05) is 0 Å². The Hall–Kier alpha value is -2.67. The molecule has 1 unspecified atom stereocenters. The zero-order chi connectivity index (χ0) is 16.8. The normalized spacial score (nSPS) is 20.2. The van der Waals surface area contributed by atoms with Gasteiger partial charge in [-0.3, -0.25) is 4.79 Å². The van der Waals surface area contributed by atoms with Crippen molar-refractivity contribution >= 4 is 11.6 Å². The molecule has 0 spiro atoms. The summed E-state index contributed by atoms with van der Waals surface area (Å²) in [6, 6.07) is 3.68. The van der Waals surface area contributed by atoms with Gasteiger partial charge in [0, 0.05) is 38.2 Å². The molecule has 0 N–H and O–H groups in total. The first-order valence-corrected chi connectivity index (χ1v) is 8.56. The molecule has 7 heteroatoms. The molecule has 0 radical (unpaired) electrons. The van der Waals surface area contributed by atoms with Gasteiger partial charge in [0.05, 0.1) is 24.6 Å². The minimum absolute atomic E-state index is 0.00926. The topological polar surface area (TPSA) is 72.9 Å². The SMILES string of the molecule is O=C(c1ccc2nccn2c1)N1CCc2oc(C3CCOC3)nc2C1. The van der Waals surface area contributed by atoms with Gasteiger partial charge < -0.3 is 18.5 Å². The maximum atomic E-state index is 12.9. The molecule has 3 aromatic heterocycles. The van der Waals surface area contributed by atoms with Crippen molar-refractivity contribution in [1.29, 1.82) is 0 Å². The van der Waals surface area contributed by atoms with Crippen molar-refractivity contribution in [2.75, 3.05) is 19.8 Å². The highest BCUT2D eigenvalue weighted by Gasteiger charge is 2.29. The third-order valence-corrected chi connectivity index (χ3v) is 4.95. The highest BCUT2D eigenvalue weighted by Crippen LogP contribution is 2.29. The minimum atomic E-state index is 0.00926. The van der Waals surface area contributed by atoms with E-state index in [0.29, 0.717) is 31.7 Å². The number of aromatic nitrogens is 3. The summed E-state index contributed by atoms with van der Waals surface area (Å²) in [7, 11) is 0. The predicted molar refractivity (Wildman–Crippen MR) is 88.3 cm³/mol. The lowest BCUT2D eigenvalue weighted by atomic mass is 10.1. The largest absolute Gasteiger partial charge is 0.445 e. The van der Waals surface area contributed by atoms with Crippen molar-refractivity contribution < 1.29 is 13.9 Å². The number of carbonyl (C=O) groups is 1. The monoisotopic (exact) mass is 338 g/mol. The molecule has 1 saturated heterocycles. The molecule has 1 amide bonds. The van der Waals surface area contributed by atoms with E-state index in [-0.39, 0.29) is 11.8 Å². The Morgan fingerprint density at radius 1 is 1.32 bits per heavy atom. The van der Waals surface area contributed by atoms with E-state index in [0.717, 1.165) is 36.0 Å². The second kappa shape index (κ2) is 5.70. The van der Waals surface area contributed by atoms with Gasteiger partial charge >= 0.3 is 0 Å². The molecular weight excluding hydrogens is 320 g/mol. The smallest absolute Gasteiger partial charge is 0.255 e. The van der Waals surface area contributed by atoms with Crippen LogP contribution < -0.4 is 0 Å². The lowest BCUT2D eigenvalue weighted by Crippen LogP contribution is -2.35. The number of pyridine rings is 1. The average molecular weight is 338 g/mol. The third kappa shape index (κ3) is 2.51. The van der Waals surface area contributed by atoms with Gasteiger partial charge in [-0.25, -0.2) is 9.97 Å². The van der Waals surface area contributed by atoms with Crippen molar-refractivity contribution in [2.45, 2.75) is 25.3 Å². The number of rotatable bonds is 2. The second-order valence-corrected chi connectivity index (χ2v) is 6.57. The van der Waals surface area contributed by atoms with Gasteiger partial charge in [-0.15, -0.1) is 0 Å². The Bertz CT molecular complexity index is 939. The van der Waals surface area contributed by atoms with Crippen LogP contribution in [-0.2, 0) is 17.7 Å². The maximum Gasteiger partial charge on any atom is 0.255 e. The molecule has 7 nitrogen and oxygen atoms in total. The third-order valence-electron chi connectivity index (χ3n) is 4.95. The first kappa shape index (κ1) is 14.7. The van der Waals surface area contributed by atoms with Crippen molar-refractivity contribution in [3.63, 3.8) is 0 Å². The highest BCUT2D eigenvalue weighted by atomic mass is 16.5. The van der Waals surface area contributed by atoms with Crippen LogP contribution in [0, 0.1) is 0 Å². The lowest BCUT2D eigenvalue weighted by Gasteiger charge is -2.25. The van der Waals surface area contributed by atoms with E-state index in [1.807, 2.05) is 33.8 Å². The van der Waals surface area contributed by atoms with E-state index < -0.39 is 0 Å². The Morgan fingerprint density at radius 2 is 2.28 bits per heavy atom. The van der Waals surface area contributed by atoms with Crippen LogP contribution in [0.4, 0.5) is 0 Å². The summed E-state index contributed by atoms with van der Waals surface area (Å²) in [5.41, 5.74) is 2.37. The van der Waals surface area contributed by atoms with Gasteiger partial charge in [0.25, 0.3) is 5.91 Å². The molecule has 1 fully saturated rings. The van der Waals surface area contributed by atoms with E-state index in [1.165, 1.54) is 0 Å². The molecule has 0 aromatic carbocycles. The van der Waals surface area contributed by atoms with Crippen molar-refractivity contribution in [3.8, 4) is 0 Å². The van der Waals surface area contributed by atoms with Crippen LogP contribution in [0.1, 0.15) is 40.0 Å². The first-order chi connectivity index (χ1) is 12.3. The molecule has 0 bridgehead atoms. The van der Waals surface area contributed by atoms with Crippen molar-refractivity contribution in [2.24, 2.45) is 0 Å². The Kier molecular flexibility index (Phi) is 3.34. The number of oxazole rings is 1. The fraction of sp³-hybridized carbons (Fsp3) is 0.389.